The van der Waals surface area contributed by atoms with E-state index in [1.165, 1.54) is 17.4 Å². The molecular formula is C49H59N11O5. The molecule has 3 aliphatic heterocycles. The molecule has 4 amide bonds. The van der Waals surface area contributed by atoms with Gasteiger partial charge in [-0.15, -0.1) is 6.58 Å². The van der Waals surface area contributed by atoms with Crippen LogP contribution in [0.4, 0.5) is 34.6 Å². The molecule has 2 aromatic carbocycles. The highest BCUT2D eigenvalue weighted by Gasteiger charge is 2.54. The van der Waals surface area contributed by atoms with Crippen LogP contribution in [0.2, 0.25) is 0 Å². The van der Waals surface area contributed by atoms with E-state index in [0.29, 0.717) is 58.1 Å². The van der Waals surface area contributed by atoms with Crippen molar-refractivity contribution >= 4 is 65.1 Å². The van der Waals surface area contributed by atoms with Crippen molar-refractivity contribution in [2.75, 3.05) is 73.3 Å². The third kappa shape index (κ3) is 9.23. The van der Waals surface area contributed by atoms with Gasteiger partial charge < -0.3 is 25.8 Å². The number of amides is 4. The number of rotatable bonds is 16. The average molecular weight is 882 g/mol. The van der Waals surface area contributed by atoms with Gasteiger partial charge in [-0.3, -0.25) is 39.1 Å². The number of hydrogen-bond donors (Lipinski definition) is 4. The van der Waals surface area contributed by atoms with E-state index in [0.717, 1.165) is 106 Å². The van der Waals surface area contributed by atoms with Crippen molar-refractivity contribution in [3.63, 3.8) is 0 Å². The van der Waals surface area contributed by atoms with Gasteiger partial charge in [0.1, 0.15) is 17.7 Å². The number of anilines is 6. The summed E-state index contributed by atoms with van der Waals surface area (Å²) >= 11 is 0. The highest BCUT2D eigenvalue weighted by molar-refractivity contribution is 6.25. The highest BCUT2D eigenvalue weighted by Crippen LogP contribution is 2.51. The number of aldehydes is 1. The zero-order valence-corrected chi connectivity index (χ0v) is 37.5. The second-order valence-electron chi connectivity index (χ2n) is 17.7. The van der Waals surface area contributed by atoms with E-state index in [4.69, 9.17) is 4.98 Å². The normalized spacial score (nSPS) is 19.0. The molecule has 16 nitrogen and oxygen atoms in total. The SMILES string of the molecule is C=CCNC.CCCC(C(=O)NC=O)N1C(=O)c2cccc(N3CCN(C4CC5(C4)CN(c4ccc(Nc6ncc(C=O)c(Nc7ccc8c(n7)C(CC)CC8)n6)cc4)C5)CC3)c2C1=O. The molecule has 2 unspecified atom stereocenters. The molecule has 2 aromatic heterocycles. The van der Waals surface area contributed by atoms with Gasteiger partial charge in [-0.25, -0.2) is 9.97 Å². The fraction of sp³-hybridized carbons (Fsp3) is 0.429. The molecular weight excluding hydrogens is 823 g/mol. The van der Waals surface area contributed by atoms with Crippen LogP contribution in [0.5, 0.6) is 0 Å². The average Bonchev–Trinajstić information content (AvgIpc) is 3.82. The number of carbonyl (C=O) groups is 5. The van der Waals surface area contributed by atoms with Crippen molar-refractivity contribution in [1.82, 2.24) is 35.4 Å². The van der Waals surface area contributed by atoms with Crippen LogP contribution in [0, 0.1) is 5.41 Å². The predicted molar refractivity (Wildman–Crippen MR) is 251 cm³/mol. The molecule has 9 rings (SSSR count). The van der Waals surface area contributed by atoms with E-state index in [1.807, 2.05) is 44.3 Å². The number of nitrogens with zero attached hydrogens (tertiary/aromatic N) is 7. The molecule has 65 heavy (non-hydrogen) atoms. The molecule has 4 N–H and O–H groups in total. The quantitative estimate of drug-likeness (QED) is 0.0599. The second kappa shape index (κ2) is 19.7. The van der Waals surface area contributed by atoms with E-state index in [1.54, 1.807) is 12.1 Å². The van der Waals surface area contributed by atoms with Gasteiger partial charge in [0.2, 0.25) is 18.3 Å². The summed E-state index contributed by atoms with van der Waals surface area (Å²) in [6, 6.07) is 17.1. The molecule has 4 aromatic rings. The molecule has 2 aliphatic carbocycles. The first-order chi connectivity index (χ1) is 31.6. The minimum atomic E-state index is -1.04. The van der Waals surface area contributed by atoms with Gasteiger partial charge in [-0.1, -0.05) is 38.5 Å². The first-order valence-corrected chi connectivity index (χ1v) is 22.8. The number of likely N-dealkylation sites (N-methyl/N-ethyl adjacent to an activating group) is 1. The van der Waals surface area contributed by atoms with Crippen molar-refractivity contribution in [2.45, 2.75) is 76.8 Å². The summed E-state index contributed by atoms with van der Waals surface area (Å²) in [7, 11) is 1.89. The van der Waals surface area contributed by atoms with Gasteiger partial charge in [0.15, 0.2) is 6.29 Å². The topological polar surface area (TPSA) is 185 Å². The molecule has 5 aliphatic rings. The Morgan fingerprint density at radius 1 is 0.938 bits per heavy atom. The lowest BCUT2D eigenvalue weighted by Gasteiger charge is -2.62. The zero-order chi connectivity index (χ0) is 45.7. The summed E-state index contributed by atoms with van der Waals surface area (Å²) in [5, 5.41) is 11.6. The first-order valence-electron chi connectivity index (χ1n) is 22.8. The summed E-state index contributed by atoms with van der Waals surface area (Å²) in [6.45, 7) is 13.7. The number of nitrogens with one attached hydrogen (secondary N) is 4. The molecule has 0 bridgehead atoms. The molecule has 16 heteroatoms. The number of piperazine rings is 1. The van der Waals surface area contributed by atoms with Crippen LogP contribution in [-0.2, 0) is 16.0 Å². The van der Waals surface area contributed by atoms with Crippen LogP contribution in [0.25, 0.3) is 0 Å². The summed E-state index contributed by atoms with van der Waals surface area (Å²) in [5.41, 5.74) is 6.49. The highest BCUT2D eigenvalue weighted by atomic mass is 16.2. The third-order valence-electron chi connectivity index (χ3n) is 13.5. The van der Waals surface area contributed by atoms with Gasteiger partial charge in [0.25, 0.3) is 11.8 Å². The number of aryl methyl sites for hydroxylation is 1. The van der Waals surface area contributed by atoms with Gasteiger partial charge in [0, 0.05) is 86.5 Å². The lowest BCUT2D eigenvalue weighted by Crippen LogP contribution is -2.68. The fourth-order valence-corrected chi connectivity index (χ4v) is 10.2. The number of aromatic nitrogens is 3. The molecule has 3 fully saturated rings. The summed E-state index contributed by atoms with van der Waals surface area (Å²) in [4.78, 5) is 84.8. The summed E-state index contributed by atoms with van der Waals surface area (Å²) in [5.74, 6) is 0.290. The van der Waals surface area contributed by atoms with Crippen LogP contribution in [0.3, 0.4) is 0 Å². The number of carbonyl (C=O) groups excluding carboxylic acids is 5. The fourth-order valence-electron chi connectivity index (χ4n) is 10.2. The van der Waals surface area contributed by atoms with E-state index >= 15 is 0 Å². The molecule has 2 atom stereocenters. The lowest BCUT2D eigenvalue weighted by atomic mass is 9.60. The van der Waals surface area contributed by atoms with Gasteiger partial charge in [-0.2, -0.15) is 4.98 Å². The Bertz CT molecular complexity index is 2420. The summed E-state index contributed by atoms with van der Waals surface area (Å²) in [6.07, 6.45) is 10.7. The lowest BCUT2D eigenvalue weighted by molar-refractivity contribution is -0.128. The van der Waals surface area contributed by atoms with Crippen LogP contribution >= 0.6 is 0 Å². The van der Waals surface area contributed by atoms with Gasteiger partial charge in [-0.05, 0) is 93.6 Å². The van der Waals surface area contributed by atoms with Crippen molar-refractivity contribution in [1.29, 1.82) is 0 Å². The van der Waals surface area contributed by atoms with Crippen molar-refractivity contribution in [3.05, 3.63) is 101 Å². The Hall–Kier alpha value is -6.52. The van der Waals surface area contributed by atoms with E-state index in [2.05, 4.69) is 77.6 Å². The van der Waals surface area contributed by atoms with E-state index < -0.39 is 23.8 Å². The molecule has 5 heterocycles. The van der Waals surface area contributed by atoms with Crippen LogP contribution < -0.4 is 31.1 Å². The smallest absolute Gasteiger partial charge is 0.264 e. The monoisotopic (exact) mass is 881 g/mol. The molecule has 1 spiro atoms. The third-order valence-corrected chi connectivity index (χ3v) is 13.5. The van der Waals surface area contributed by atoms with E-state index in [-0.39, 0.29) is 12.8 Å². The summed E-state index contributed by atoms with van der Waals surface area (Å²) < 4.78 is 0. The van der Waals surface area contributed by atoms with Crippen molar-refractivity contribution in [3.8, 4) is 0 Å². The Labute approximate surface area is 380 Å². The molecule has 1 saturated carbocycles. The largest absolute Gasteiger partial charge is 0.370 e. The number of imide groups is 2. The Morgan fingerprint density at radius 2 is 1.71 bits per heavy atom. The number of hydrogen-bond acceptors (Lipinski definition) is 14. The Morgan fingerprint density at radius 3 is 2.37 bits per heavy atom. The van der Waals surface area contributed by atoms with Crippen LogP contribution in [0.1, 0.15) is 101 Å². The number of pyridine rings is 1. The van der Waals surface area contributed by atoms with Crippen molar-refractivity contribution in [2.24, 2.45) is 5.41 Å². The number of benzene rings is 2. The van der Waals surface area contributed by atoms with Crippen molar-refractivity contribution < 1.29 is 24.0 Å². The standard InChI is InChI=1S/C45H50N10O5.C4H9N/c1-3-6-36(41(58)47-27-57)55-42(59)34-7-5-8-35(38(34)43(55)60)53-19-17-52(18-20-53)33-21-45(22-33)25-54(26-45)32-14-12-31(13-15-32)48-44-46-23-30(24-56)40(51-44)50-37-16-11-29-10-9-28(4-2)39(29)49-37;1-3-4-5-2/h5,7-8,11-16,23-24,27-28,33,36H,3-4,6,9-10,17-22,25-26H2,1-2H3,(H,47,57,58)(H2,46,48,49,50,51);3,5H,1,4H2,2H3. The zero-order valence-electron chi connectivity index (χ0n) is 37.5. The molecule has 340 valence electrons. The Balaban J connectivity index is 0.00000109. The van der Waals surface area contributed by atoms with E-state index in [9.17, 15) is 24.0 Å². The van der Waals surface area contributed by atoms with Gasteiger partial charge in [0.05, 0.1) is 22.4 Å². The second-order valence-corrected chi connectivity index (χ2v) is 17.7. The first kappa shape index (κ1) is 45.1. The van der Waals surface area contributed by atoms with Crippen LogP contribution in [-0.4, -0.2) is 120 Å². The minimum absolute atomic E-state index is 0.272. The maximum atomic E-state index is 13.7. The minimum Gasteiger partial charge on any atom is -0.370 e. The van der Waals surface area contributed by atoms with Gasteiger partial charge >= 0.3 is 0 Å². The molecule has 0 radical (unpaired) electrons. The Kier molecular flexibility index (Phi) is 13.7. The molecule has 2 saturated heterocycles. The maximum absolute atomic E-state index is 13.7. The van der Waals surface area contributed by atoms with Crippen LogP contribution in [0.15, 0.2) is 73.4 Å². The maximum Gasteiger partial charge on any atom is 0.264 e. The predicted octanol–water partition coefficient (Wildman–Crippen LogP) is 5.83. The number of fused-ring (bicyclic) bond motifs is 2.